The third-order valence-corrected chi connectivity index (χ3v) is 4.60. The smallest absolute Gasteiger partial charge is 0.231 e. The molecule has 0 saturated carbocycles. The molecular weight excluding hydrogens is 359 g/mol. The molecule has 0 aliphatic carbocycles. The molecule has 2 aliphatic rings. The van der Waals surface area contributed by atoms with Crippen LogP contribution in [0.5, 0.6) is 11.5 Å². The summed E-state index contributed by atoms with van der Waals surface area (Å²) in [5, 5.41) is 4.20. The quantitative estimate of drug-likeness (QED) is 0.831. The minimum absolute atomic E-state index is 0. The summed E-state index contributed by atoms with van der Waals surface area (Å²) in [4.78, 5) is 2.54. The first-order chi connectivity index (χ1) is 10.3. The highest BCUT2D eigenvalue weighted by Crippen LogP contribution is 2.41. The van der Waals surface area contributed by atoms with E-state index in [2.05, 4.69) is 23.2 Å². The Hall–Kier alpha value is -0.390. The van der Waals surface area contributed by atoms with Crippen LogP contribution in [0.3, 0.4) is 0 Å². The van der Waals surface area contributed by atoms with Gasteiger partial charge in [0.1, 0.15) is 0 Å². The second kappa shape index (κ2) is 9.80. The molecular formula is C16H25Cl3N2O2. The van der Waals surface area contributed by atoms with Gasteiger partial charge in [0.2, 0.25) is 6.79 Å². The molecule has 2 aliphatic heterocycles. The number of ether oxygens (including phenoxy) is 2. The van der Waals surface area contributed by atoms with Crippen LogP contribution in [0, 0.1) is 0 Å². The van der Waals surface area contributed by atoms with Crippen molar-refractivity contribution in [2.45, 2.75) is 32.2 Å². The number of hydrogen-bond acceptors (Lipinski definition) is 4. The zero-order valence-corrected chi connectivity index (χ0v) is 15.7. The van der Waals surface area contributed by atoms with E-state index < -0.39 is 0 Å². The van der Waals surface area contributed by atoms with Gasteiger partial charge in [-0.1, -0.05) is 31.4 Å². The first kappa shape index (κ1) is 20.7. The van der Waals surface area contributed by atoms with E-state index in [1.807, 2.05) is 6.07 Å². The van der Waals surface area contributed by atoms with Gasteiger partial charge in [-0.15, -0.1) is 24.8 Å². The Morgan fingerprint density at radius 1 is 1.17 bits per heavy atom. The first-order valence-corrected chi connectivity index (χ1v) is 8.21. The molecule has 0 spiro atoms. The molecule has 23 heavy (non-hydrogen) atoms. The molecule has 132 valence electrons. The Labute approximate surface area is 155 Å². The van der Waals surface area contributed by atoms with Crippen molar-refractivity contribution < 1.29 is 9.47 Å². The number of nitrogens with zero attached hydrogens (tertiary/aromatic N) is 1. The van der Waals surface area contributed by atoms with Gasteiger partial charge in [0.05, 0.1) is 0 Å². The van der Waals surface area contributed by atoms with Crippen LogP contribution in [0.25, 0.3) is 0 Å². The molecule has 1 aromatic rings. The summed E-state index contributed by atoms with van der Waals surface area (Å²) in [5.41, 5.74) is 1.18. The topological polar surface area (TPSA) is 33.7 Å². The van der Waals surface area contributed by atoms with E-state index in [0.717, 1.165) is 49.1 Å². The van der Waals surface area contributed by atoms with Gasteiger partial charge in [0, 0.05) is 43.3 Å². The highest BCUT2D eigenvalue weighted by Gasteiger charge is 2.26. The molecule has 3 rings (SSSR count). The minimum Gasteiger partial charge on any atom is -0.454 e. The molecule has 0 unspecified atom stereocenters. The van der Waals surface area contributed by atoms with Gasteiger partial charge in [-0.3, -0.25) is 4.90 Å². The van der Waals surface area contributed by atoms with E-state index in [1.165, 1.54) is 18.4 Å². The zero-order valence-electron chi connectivity index (χ0n) is 13.3. The lowest BCUT2D eigenvalue weighted by molar-refractivity contribution is 0.162. The standard InChI is InChI=1S/C16H23ClN2O2.2ClH/c1-2-3-4-14(19-7-5-18-6-8-19)12-9-15-16(10-13(12)17)21-11-20-15;;/h9-10,14,18H,2-8,11H2,1H3;2*1H/t14-;;/m1../s1. The number of nitrogens with one attached hydrogen (secondary N) is 1. The van der Waals surface area contributed by atoms with Crippen LogP contribution in [0.4, 0.5) is 0 Å². The fourth-order valence-electron chi connectivity index (χ4n) is 3.11. The highest BCUT2D eigenvalue weighted by atomic mass is 35.5. The third-order valence-electron chi connectivity index (χ3n) is 4.27. The van der Waals surface area contributed by atoms with E-state index in [-0.39, 0.29) is 24.8 Å². The van der Waals surface area contributed by atoms with E-state index >= 15 is 0 Å². The molecule has 1 saturated heterocycles. The zero-order chi connectivity index (χ0) is 14.7. The molecule has 1 atom stereocenters. The normalized spacial score (nSPS) is 18.0. The van der Waals surface area contributed by atoms with E-state index in [0.29, 0.717) is 12.8 Å². The predicted molar refractivity (Wildman–Crippen MR) is 98.8 cm³/mol. The number of rotatable bonds is 5. The van der Waals surface area contributed by atoms with E-state index in [9.17, 15) is 0 Å². The van der Waals surface area contributed by atoms with Crippen LogP contribution >= 0.6 is 36.4 Å². The van der Waals surface area contributed by atoms with Crippen molar-refractivity contribution in [3.8, 4) is 11.5 Å². The fraction of sp³-hybridized carbons (Fsp3) is 0.625. The summed E-state index contributed by atoms with van der Waals surface area (Å²) < 4.78 is 10.9. The average molecular weight is 384 g/mol. The Kier molecular flexibility index (Phi) is 8.80. The van der Waals surface area contributed by atoms with Gasteiger partial charge in [-0.05, 0) is 18.1 Å². The molecule has 0 aromatic heterocycles. The second-order valence-corrected chi connectivity index (χ2v) is 6.08. The molecule has 2 heterocycles. The Balaban J connectivity index is 0.00000132. The van der Waals surface area contributed by atoms with Crippen LogP contribution < -0.4 is 14.8 Å². The largest absolute Gasteiger partial charge is 0.454 e. The minimum atomic E-state index is 0. The third kappa shape index (κ3) is 4.80. The molecule has 1 N–H and O–H groups in total. The van der Waals surface area contributed by atoms with Gasteiger partial charge >= 0.3 is 0 Å². The van der Waals surface area contributed by atoms with Gasteiger partial charge in [-0.25, -0.2) is 0 Å². The summed E-state index contributed by atoms with van der Waals surface area (Å²) in [5.74, 6) is 1.59. The lowest BCUT2D eigenvalue weighted by Crippen LogP contribution is -2.45. The highest BCUT2D eigenvalue weighted by molar-refractivity contribution is 6.31. The first-order valence-electron chi connectivity index (χ1n) is 7.83. The molecule has 4 nitrogen and oxygen atoms in total. The number of hydrogen-bond donors (Lipinski definition) is 1. The van der Waals surface area contributed by atoms with Crippen molar-refractivity contribution in [3.05, 3.63) is 22.7 Å². The number of benzene rings is 1. The van der Waals surface area contributed by atoms with Gasteiger partial charge in [-0.2, -0.15) is 0 Å². The fourth-order valence-corrected chi connectivity index (χ4v) is 3.39. The number of halogens is 3. The molecule has 0 amide bonds. The Morgan fingerprint density at radius 3 is 2.48 bits per heavy atom. The van der Waals surface area contributed by atoms with Crippen molar-refractivity contribution in [1.82, 2.24) is 10.2 Å². The Morgan fingerprint density at radius 2 is 1.83 bits per heavy atom. The molecule has 0 radical (unpaired) electrons. The van der Waals surface area contributed by atoms with Gasteiger partial charge in [0.25, 0.3) is 0 Å². The van der Waals surface area contributed by atoms with Crippen LogP contribution in [0.15, 0.2) is 12.1 Å². The van der Waals surface area contributed by atoms with E-state index in [1.54, 1.807) is 0 Å². The maximum absolute atomic E-state index is 6.52. The van der Waals surface area contributed by atoms with Gasteiger partial charge in [0.15, 0.2) is 11.5 Å². The number of piperazine rings is 1. The monoisotopic (exact) mass is 382 g/mol. The summed E-state index contributed by atoms with van der Waals surface area (Å²) in [6, 6.07) is 4.35. The predicted octanol–water partition coefficient (Wildman–Crippen LogP) is 4.05. The van der Waals surface area contributed by atoms with Crippen LogP contribution in [-0.2, 0) is 0 Å². The average Bonchev–Trinajstić information content (AvgIpc) is 2.96. The SMILES string of the molecule is CCCC[C@H](c1cc2c(cc1Cl)OCO2)N1CCNCC1.Cl.Cl. The molecule has 1 aromatic carbocycles. The van der Waals surface area contributed by atoms with Crippen LogP contribution in [-0.4, -0.2) is 37.9 Å². The number of fused-ring (bicyclic) bond motifs is 1. The van der Waals surface area contributed by atoms with Crippen molar-refractivity contribution in [1.29, 1.82) is 0 Å². The van der Waals surface area contributed by atoms with Crippen molar-refractivity contribution in [3.63, 3.8) is 0 Å². The van der Waals surface area contributed by atoms with Crippen molar-refractivity contribution in [2.75, 3.05) is 33.0 Å². The lowest BCUT2D eigenvalue weighted by atomic mass is 9.98. The van der Waals surface area contributed by atoms with Crippen LogP contribution in [0.1, 0.15) is 37.8 Å². The molecule has 7 heteroatoms. The maximum atomic E-state index is 6.52. The summed E-state index contributed by atoms with van der Waals surface area (Å²) in [7, 11) is 0. The molecule has 1 fully saturated rings. The summed E-state index contributed by atoms with van der Waals surface area (Å²) >= 11 is 6.52. The van der Waals surface area contributed by atoms with Crippen molar-refractivity contribution in [2.24, 2.45) is 0 Å². The molecule has 0 bridgehead atoms. The van der Waals surface area contributed by atoms with E-state index in [4.69, 9.17) is 21.1 Å². The summed E-state index contributed by atoms with van der Waals surface area (Å²) in [6.07, 6.45) is 3.54. The summed E-state index contributed by atoms with van der Waals surface area (Å²) in [6.45, 7) is 6.76. The van der Waals surface area contributed by atoms with Crippen LogP contribution in [0.2, 0.25) is 5.02 Å². The van der Waals surface area contributed by atoms with Crippen molar-refractivity contribution >= 4 is 36.4 Å². The van der Waals surface area contributed by atoms with Gasteiger partial charge < -0.3 is 14.8 Å². The Bertz CT molecular complexity index is 496. The number of unbranched alkanes of at least 4 members (excludes halogenated alkanes) is 1. The second-order valence-electron chi connectivity index (χ2n) is 5.67. The maximum Gasteiger partial charge on any atom is 0.231 e. The lowest BCUT2D eigenvalue weighted by Gasteiger charge is -2.35.